The lowest BCUT2D eigenvalue weighted by molar-refractivity contribution is -0.155. The third-order valence-corrected chi connectivity index (χ3v) is 1.39. The summed E-state index contributed by atoms with van der Waals surface area (Å²) in [5.74, 6) is -0.567. The Bertz CT molecular complexity index is 300. The van der Waals surface area contributed by atoms with E-state index < -0.39 is 12.3 Å². The maximum Gasteiger partial charge on any atom is 0.387 e. The van der Waals surface area contributed by atoms with Crippen LogP contribution >= 0.6 is 0 Å². The summed E-state index contributed by atoms with van der Waals surface area (Å²) in [6.07, 6.45) is 0.252. The number of rotatable bonds is 1. The number of carbonyl (C=O) groups is 1. The number of pyridine rings is 1. The van der Waals surface area contributed by atoms with Gasteiger partial charge in [-0.3, -0.25) is 0 Å². The summed E-state index contributed by atoms with van der Waals surface area (Å²) in [5, 5.41) is 8.51. The molecule has 0 bridgehead atoms. The molecule has 0 radical (unpaired) electrons. The SMILES string of the molecule is O=C(O)C1Oc2cccnc2O1. The fraction of sp³-hybridized carbons (Fsp3) is 0.143. The summed E-state index contributed by atoms with van der Waals surface area (Å²) in [6, 6.07) is 3.25. The van der Waals surface area contributed by atoms with Gasteiger partial charge in [-0.05, 0) is 12.1 Å². The average molecular weight is 167 g/mol. The molecule has 0 spiro atoms. The van der Waals surface area contributed by atoms with Gasteiger partial charge in [-0.2, -0.15) is 0 Å². The van der Waals surface area contributed by atoms with Gasteiger partial charge in [-0.1, -0.05) is 0 Å². The van der Waals surface area contributed by atoms with Gasteiger partial charge in [0.25, 0.3) is 5.88 Å². The summed E-state index contributed by atoms with van der Waals surface area (Å²) in [7, 11) is 0. The van der Waals surface area contributed by atoms with Crippen LogP contribution in [-0.4, -0.2) is 22.3 Å². The van der Waals surface area contributed by atoms with Crippen molar-refractivity contribution in [1.82, 2.24) is 4.98 Å². The molecular formula is C7H5NO4. The Labute approximate surface area is 67.6 Å². The molecule has 0 saturated heterocycles. The standard InChI is InChI=1S/C7H5NO4/c9-6(10)7-11-4-2-1-3-8-5(4)12-7/h1-3,7H,(H,9,10). The molecule has 2 rings (SSSR count). The fourth-order valence-electron chi connectivity index (χ4n) is 0.896. The number of hydrogen-bond donors (Lipinski definition) is 1. The van der Waals surface area contributed by atoms with Crippen molar-refractivity contribution in [2.24, 2.45) is 0 Å². The van der Waals surface area contributed by atoms with Crippen molar-refractivity contribution in [3.63, 3.8) is 0 Å². The van der Waals surface area contributed by atoms with Crippen LogP contribution in [0.3, 0.4) is 0 Å². The van der Waals surface area contributed by atoms with Gasteiger partial charge in [-0.25, -0.2) is 9.78 Å². The maximum absolute atomic E-state index is 10.4. The number of nitrogens with zero attached hydrogens (tertiary/aromatic N) is 1. The van der Waals surface area contributed by atoms with E-state index in [1.807, 2.05) is 0 Å². The first-order chi connectivity index (χ1) is 5.77. The molecule has 2 heterocycles. The van der Waals surface area contributed by atoms with E-state index in [1.165, 1.54) is 6.20 Å². The zero-order valence-corrected chi connectivity index (χ0v) is 5.93. The summed E-state index contributed by atoms with van der Waals surface area (Å²) in [6.45, 7) is 0. The highest BCUT2D eigenvalue weighted by Gasteiger charge is 2.30. The normalized spacial score (nSPS) is 19.2. The molecule has 0 fully saturated rings. The fourth-order valence-corrected chi connectivity index (χ4v) is 0.896. The number of carboxylic acid groups (broad SMARTS) is 1. The van der Waals surface area contributed by atoms with E-state index in [0.29, 0.717) is 5.75 Å². The number of carboxylic acids is 1. The Morgan fingerprint density at radius 1 is 1.58 bits per heavy atom. The highest BCUT2D eigenvalue weighted by Crippen LogP contribution is 2.31. The Morgan fingerprint density at radius 3 is 3.08 bits per heavy atom. The topological polar surface area (TPSA) is 68.7 Å². The molecule has 0 aliphatic carbocycles. The minimum atomic E-state index is -1.25. The molecular weight excluding hydrogens is 162 g/mol. The van der Waals surface area contributed by atoms with E-state index >= 15 is 0 Å². The van der Waals surface area contributed by atoms with Gasteiger partial charge in [0, 0.05) is 6.20 Å². The van der Waals surface area contributed by atoms with E-state index in [4.69, 9.17) is 14.6 Å². The molecule has 0 amide bonds. The molecule has 1 aliphatic rings. The van der Waals surface area contributed by atoms with Crippen LogP contribution in [0, 0.1) is 0 Å². The zero-order chi connectivity index (χ0) is 8.55. The monoisotopic (exact) mass is 167 g/mol. The lowest BCUT2D eigenvalue weighted by Crippen LogP contribution is -2.28. The lowest BCUT2D eigenvalue weighted by Gasteiger charge is -2.01. The van der Waals surface area contributed by atoms with Crippen LogP contribution in [0.2, 0.25) is 0 Å². The molecule has 0 saturated carbocycles. The first-order valence-corrected chi connectivity index (χ1v) is 3.28. The minimum Gasteiger partial charge on any atom is -0.476 e. The van der Waals surface area contributed by atoms with Crippen LogP contribution in [0.5, 0.6) is 11.6 Å². The molecule has 12 heavy (non-hydrogen) atoms. The molecule has 1 unspecified atom stereocenters. The molecule has 5 heteroatoms. The van der Waals surface area contributed by atoms with Gasteiger partial charge in [0.2, 0.25) is 0 Å². The molecule has 1 aromatic rings. The van der Waals surface area contributed by atoms with Crippen molar-refractivity contribution in [2.75, 3.05) is 0 Å². The Balaban J connectivity index is 2.27. The maximum atomic E-state index is 10.4. The molecule has 0 aromatic carbocycles. The third kappa shape index (κ3) is 0.952. The molecule has 62 valence electrons. The van der Waals surface area contributed by atoms with Gasteiger partial charge in [-0.15, -0.1) is 0 Å². The molecule has 1 atom stereocenters. The van der Waals surface area contributed by atoms with E-state index in [1.54, 1.807) is 12.1 Å². The van der Waals surface area contributed by atoms with Crippen molar-refractivity contribution in [1.29, 1.82) is 0 Å². The van der Waals surface area contributed by atoms with Gasteiger partial charge in [0.05, 0.1) is 0 Å². The summed E-state index contributed by atoms with van der Waals surface area (Å²) in [5.41, 5.74) is 0. The van der Waals surface area contributed by atoms with Crippen LogP contribution in [0.15, 0.2) is 18.3 Å². The Morgan fingerprint density at radius 2 is 2.42 bits per heavy atom. The second-order valence-electron chi connectivity index (χ2n) is 2.21. The number of ether oxygens (including phenoxy) is 2. The summed E-state index contributed by atoms with van der Waals surface area (Å²) >= 11 is 0. The first-order valence-electron chi connectivity index (χ1n) is 3.28. The molecule has 5 nitrogen and oxygen atoms in total. The lowest BCUT2D eigenvalue weighted by atomic mass is 10.4. The van der Waals surface area contributed by atoms with Crippen molar-refractivity contribution >= 4 is 5.97 Å². The van der Waals surface area contributed by atoms with E-state index in [9.17, 15) is 4.79 Å². The second-order valence-corrected chi connectivity index (χ2v) is 2.21. The highest BCUT2D eigenvalue weighted by molar-refractivity contribution is 5.72. The number of fused-ring (bicyclic) bond motifs is 1. The smallest absolute Gasteiger partial charge is 0.387 e. The molecule has 1 aromatic heterocycles. The third-order valence-electron chi connectivity index (χ3n) is 1.39. The van der Waals surface area contributed by atoms with Gasteiger partial charge >= 0.3 is 12.3 Å². The predicted octanol–water partition coefficient (Wildman–Crippen LogP) is 0.263. The van der Waals surface area contributed by atoms with Crippen LogP contribution in [-0.2, 0) is 4.79 Å². The van der Waals surface area contributed by atoms with Crippen molar-refractivity contribution in [3.8, 4) is 11.6 Å². The van der Waals surface area contributed by atoms with Crippen molar-refractivity contribution in [3.05, 3.63) is 18.3 Å². The van der Waals surface area contributed by atoms with Gasteiger partial charge in [0.15, 0.2) is 5.75 Å². The van der Waals surface area contributed by atoms with Crippen LogP contribution in [0.4, 0.5) is 0 Å². The van der Waals surface area contributed by atoms with E-state index in [2.05, 4.69) is 4.98 Å². The largest absolute Gasteiger partial charge is 0.476 e. The van der Waals surface area contributed by atoms with Gasteiger partial charge < -0.3 is 14.6 Å². The molecule has 1 N–H and O–H groups in total. The van der Waals surface area contributed by atoms with Crippen molar-refractivity contribution < 1.29 is 19.4 Å². The molecule has 1 aliphatic heterocycles. The minimum absolute atomic E-state index is 0.227. The van der Waals surface area contributed by atoms with E-state index in [-0.39, 0.29) is 5.88 Å². The van der Waals surface area contributed by atoms with E-state index in [0.717, 1.165) is 0 Å². The van der Waals surface area contributed by atoms with Gasteiger partial charge in [0.1, 0.15) is 0 Å². The van der Waals surface area contributed by atoms with Crippen LogP contribution in [0.25, 0.3) is 0 Å². The number of aromatic nitrogens is 1. The van der Waals surface area contributed by atoms with Crippen LogP contribution in [0.1, 0.15) is 0 Å². The summed E-state index contributed by atoms with van der Waals surface area (Å²) in [4.78, 5) is 14.2. The quantitative estimate of drug-likeness (QED) is 0.649. The number of hydrogen-bond acceptors (Lipinski definition) is 4. The summed E-state index contributed by atoms with van der Waals surface area (Å²) < 4.78 is 9.72. The highest BCUT2D eigenvalue weighted by atomic mass is 16.7. The van der Waals surface area contributed by atoms with Crippen LogP contribution < -0.4 is 9.47 Å². The first kappa shape index (κ1) is 6.90. The predicted molar refractivity (Wildman–Crippen MR) is 36.9 cm³/mol. The average Bonchev–Trinajstić information content (AvgIpc) is 2.46. The van der Waals surface area contributed by atoms with Crippen molar-refractivity contribution in [2.45, 2.75) is 6.29 Å². The number of aliphatic carboxylic acids is 1. The zero-order valence-electron chi connectivity index (χ0n) is 5.93. The second kappa shape index (κ2) is 2.37. The Kier molecular flexibility index (Phi) is 1.36. The Hall–Kier alpha value is -1.78.